The highest BCUT2D eigenvalue weighted by molar-refractivity contribution is 5.26. The van der Waals surface area contributed by atoms with Gasteiger partial charge in [-0.2, -0.15) is 0 Å². The molecule has 1 N–H and O–H groups in total. The molecule has 0 spiro atoms. The largest absolute Gasteiger partial charge is 0.481 e. The highest BCUT2D eigenvalue weighted by atomic mass is 16.5. The average Bonchev–Trinajstić information content (AvgIpc) is 3.17. The number of ether oxygens (including phenoxy) is 1. The van der Waals surface area contributed by atoms with E-state index < -0.39 is 0 Å². The normalized spacial score (nSPS) is 14.6. The Morgan fingerprint density at radius 3 is 3.05 bits per heavy atom. The number of aromatic nitrogens is 2. The van der Waals surface area contributed by atoms with Crippen molar-refractivity contribution in [2.24, 2.45) is 0 Å². The fourth-order valence-electron chi connectivity index (χ4n) is 2.21. The zero-order valence-electron chi connectivity index (χ0n) is 11.2. The van der Waals surface area contributed by atoms with Gasteiger partial charge in [-0.15, -0.1) is 0 Å². The van der Waals surface area contributed by atoms with Gasteiger partial charge >= 0.3 is 0 Å². The van der Waals surface area contributed by atoms with Crippen molar-refractivity contribution in [3.8, 4) is 5.88 Å². The van der Waals surface area contributed by atoms with E-state index in [-0.39, 0.29) is 0 Å². The predicted octanol–water partition coefficient (Wildman–Crippen LogP) is 2.19. The van der Waals surface area contributed by atoms with E-state index >= 15 is 0 Å². The number of nitrogens with one attached hydrogen (secondary N) is 1. The minimum atomic E-state index is 0.706. The van der Waals surface area contributed by atoms with E-state index in [1.165, 1.54) is 18.5 Å². The number of hydrogen-bond acceptors (Lipinski definition) is 3. The number of rotatable bonds is 6. The third-order valence-corrected chi connectivity index (χ3v) is 3.46. The predicted molar refractivity (Wildman–Crippen MR) is 74.2 cm³/mol. The quantitative estimate of drug-likeness (QED) is 0.862. The lowest BCUT2D eigenvalue weighted by Gasteiger charge is -2.12. The summed E-state index contributed by atoms with van der Waals surface area (Å²) >= 11 is 0. The second kappa shape index (κ2) is 5.45. The molecule has 4 nitrogen and oxygen atoms in total. The van der Waals surface area contributed by atoms with E-state index in [4.69, 9.17) is 4.74 Å². The Kier molecular flexibility index (Phi) is 3.51. The van der Waals surface area contributed by atoms with E-state index in [1.54, 1.807) is 13.3 Å². The van der Waals surface area contributed by atoms with Crippen molar-refractivity contribution in [3.63, 3.8) is 0 Å². The summed E-state index contributed by atoms with van der Waals surface area (Å²) in [6, 6.07) is 8.99. The van der Waals surface area contributed by atoms with Crippen molar-refractivity contribution in [2.45, 2.75) is 32.0 Å². The van der Waals surface area contributed by atoms with Crippen molar-refractivity contribution in [1.82, 2.24) is 14.9 Å². The van der Waals surface area contributed by atoms with Gasteiger partial charge in [0, 0.05) is 36.2 Å². The zero-order chi connectivity index (χ0) is 13.1. The van der Waals surface area contributed by atoms with E-state index in [1.807, 2.05) is 6.07 Å². The Hall–Kier alpha value is -1.81. The Morgan fingerprint density at radius 1 is 1.37 bits per heavy atom. The van der Waals surface area contributed by atoms with E-state index in [9.17, 15) is 0 Å². The Morgan fingerprint density at radius 2 is 2.26 bits per heavy atom. The number of methoxy groups -OCH3 is 1. The summed E-state index contributed by atoms with van der Waals surface area (Å²) in [5.41, 5.74) is 2.41. The molecule has 0 unspecified atom stereocenters. The molecule has 0 bridgehead atoms. The van der Waals surface area contributed by atoms with Crippen LogP contribution in [0.1, 0.15) is 24.1 Å². The SMILES string of the molecule is COc1ncccc1Cn1cccc1CNC1CC1. The third-order valence-electron chi connectivity index (χ3n) is 3.46. The Labute approximate surface area is 113 Å². The number of nitrogens with zero attached hydrogens (tertiary/aromatic N) is 2. The highest BCUT2D eigenvalue weighted by Gasteiger charge is 2.20. The van der Waals surface area contributed by atoms with Crippen molar-refractivity contribution < 1.29 is 4.74 Å². The van der Waals surface area contributed by atoms with Gasteiger partial charge in [0.2, 0.25) is 5.88 Å². The summed E-state index contributed by atoms with van der Waals surface area (Å²) in [6.07, 6.45) is 6.50. The molecule has 2 aromatic heterocycles. The van der Waals surface area contributed by atoms with Gasteiger partial charge in [0.15, 0.2) is 0 Å². The number of hydrogen-bond donors (Lipinski definition) is 1. The molecule has 100 valence electrons. The highest BCUT2D eigenvalue weighted by Crippen LogP contribution is 2.20. The van der Waals surface area contributed by atoms with Crippen LogP contribution in [0.4, 0.5) is 0 Å². The molecule has 3 rings (SSSR count). The van der Waals surface area contributed by atoms with Crippen LogP contribution in [0.15, 0.2) is 36.7 Å². The minimum absolute atomic E-state index is 0.706. The summed E-state index contributed by atoms with van der Waals surface area (Å²) in [4.78, 5) is 4.24. The molecule has 2 aromatic rings. The fourth-order valence-corrected chi connectivity index (χ4v) is 2.21. The minimum Gasteiger partial charge on any atom is -0.481 e. The standard InChI is InChI=1S/C15H19N3O/c1-19-15-12(4-2-8-16-15)11-18-9-3-5-14(18)10-17-13-6-7-13/h2-5,8-9,13,17H,6-7,10-11H2,1H3. The van der Waals surface area contributed by atoms with Crippen molar-refractivity contribution in [2.75, 3.05) is 7.11 Å². The molecule has 2 heterocycles. The number of pyridine rings is 1. The molecular formula is C15H19N3O. The Bertz CT molecular complexity index is 546. The first-order chi connectivity index (χ1) is 9.36. The van der Waals surface area contributed by atoms with Crippen LogP contribution in [0.25, 0.3) is 0 Å². The maximum Gasteiger partial charge on any atom is 0.218 e. The van der Waals surface area contributed by atoms with Gasteiger partial charge in [-0.05, 0) is 31.0 Å². The van der Waals surface area contributed by atoms with Gasteiger partial charge in [0.05, 0.1) is 13.7 Å². The van der Waals surface area contributed by atoms with Crippen LogP contribution in [-0.2, 0) is 13.1 Å². The monoisotopic (exact) mass is 257 g/mol. The first-order valence-corrected chi connectivity index (χ1v) is 6.72. The third kappa shape index (κ3) is 2.96. The summed E-state index contributed by atoms with van der Waals surface area (Å²) in [5, 5.41) is 3.55. The van der Waals surface area contributed by atoms with E-state index in [0.717, 1.165) is 24.7 Å². The second-order valence-electron chi connectivity index (χ2n) is 4.95. The molecule has 0 radical (unpaired) electrons. The van der Waals surface area contributed by atoms with Gasteiger partial charge in [0.25, 0.3) is 0 Å². The Balaban J connectivity index is 1.73. The molecule has 0 aromatic carbocycles. The van der Waals surface area contributed by atoms with Gasteiger partial charge in [-0.3, -0.25) is 0 Å². The maximum atomic E-state index is 5.30. The van der Waals surface area contributed by atoms with Crippen molar-refractivity contribution in [3.05, 3.63) is 47.9 Å². The maximum absolute atomic E-state index is 5.30. The summed E-state index contributed by atoms with van der Waals surface area (Å²) in [7, 11) is 1.66. The van der Waals surface area contributed by atoms with Crippen molar-refractivity contribution in [1.29, 1.82) is 0 Å². The van der Waals surface area contributed by atoms with Crippen LogP contribution in [-0.4, -0.2) is 22.7 Å². The summed E-state index contributed by atoms with van der Waals surface area (Å²) in [5.74, 6) is 0.706. The van der Waals surface area contributed by atoms with Crippen LogP contribution in [0.5, 0.6) is 5.88 Å². The van der Waals surface area contributed by atoms with E-state index in [0.29, 0.717) is 5.88 Å². The smallest absolute Gasteiger partial charge is 0.218 e. The summed E-state index contributed by atoms with van der Waals surface area (Å²) < 4.78 is 7.55. The summed E-state index contributed by atoms with van der Waals surface area (Å²) in [6.45, 7) is 1.73. The molecule has 0 aliphatic heterocycles. The van der Waals surface area contributed by atoms with Crippen LogP contribution in [0.3, 0.4) is 0 Å². The topological polar surface area (TPSA) is 39.1 Å². The first kappa shape index (κ1) is 12.2. The van der Waals surface area contributed by atoms with Crippen LogP contribution in [0, 0.1) is 0 Å². The van der Waals surface area contributed by atoms with Gasteiger partial charge in [-0.1, -0.05) is 6.07 Å². The lowest BCUT2D eigenvalue weighted by molar-refractivity contribution is 0.391. The molecule has 0 atom stereocenters. The fraction of sp³-hybridized carbons (Fsp3) is 0.400. The molecule has 0 amide bonds. The molecule has 1 aliphatic carbocycles. The lowest BCUT2D eigenvalue weighted by atomic mass is 10.2. The molecule has 0 saturated heterocycles. The van der Waals surface area contributed by atoms with Gasteiger partial charge in [-0.25, -0.2) is 4.98 Å². The van der Waals surface area contributed by atoms with Crippen molar-refractivity contribution >= 4 is 0 Å². The molecule has 1 saturated carbocycles. The second-order valence-corrected chi connectivity index (χ2v) is 4.95. The van der Waals surface area contributed by atoms with E-state index in [2.05, 4.69) is 39.3 Å². The van der Waals surface area contributed by atoms with Gasteiger partial charge < -0.3 is 14.6 Å². The average molecular weight is 257 g/mol. The molecule has 19 heavy (non-hydrogen) atoms. The molecular weight excluding hydrogens is 238 g/mol. The molecule has 1 fully saturated rings. The zero-order valence-corrected chi connectivity index (χ0v) is 11.2. The molecule has 1 aliphatic rings. The lowest BCUT2D eigenvalue weighted by Crippen LogP contribution is -2.18. The van der Waals surface area contributed by atoms with Gasteiger partial charge in [0.1, 0.15) is 0 Å². The van der Waals surface area contributed by atoms with Crippen LogP contribution in [0.2, 0.25) is 0 Å². The first-order valence-electron chi connectivity index (χ1n) is 6.72. The van der Waals surface area contributed by atoms with Crippen LogP contribution < -0.4 is 10.1 Å². The van der Waals surface area contributed by atoms with Crippen LogP contribution >= 0.6 is 0 Å². The molecule has 4 heteroatoms.